The van der Waals surface area contributed by atoms with Crippen LogP contribution in [-0.4, -0.2) is 20.1 Å². The van der Waals surface area contributed by atoms with Crippen LogP contribution in [0.4, 0.5) is 0 Å². The van der Waals surface area contributed by atoms with E-state index in [2.05, 4.69) is 5.32 Å². The molecule has 0 heterocycles. The van der Waals surface area contributed by atoms with E-state index >= 15 is 0 Å². The average molecular weight is 300 g/mol. The van der Waals surface area contributed by atoms with Crippen molar-refractivity contribution in [1.29, 1.82) is 0 Å². The molecule has 0 aromatic heterocycles. The molecule has 22 heavy (non-hydrogen) atoms. The molecule has 1 amide bonds. The quantitative estimate of drug-likeness (QED) is 0.820. The van der Waals surface area contributed by atoms with Gasteiger partial charge < -0.3 is 15.2 Å². The van der Waals surface area contributed by atoms with Gasteiger partial charge in [-0.2, -0.15) is 0 Å². The maximum Gasteiger partial charge on any atom is 0.239 e. The first-order chi connectivity index (χ1) is 10.7. The largest absolute Gasteiger partial charge is 0.497 e. The Morgan fingerprint density at radius 1 is 1.14 bits per heavy atom. The Labute approximate surface area is 130 Å². The van der Waals surface area contributed by atoms with E-state index in [4.69, 9.17) is 15.2 Å². The second-order valence-electron chi connectivity index (χ2n) is 4.80. The minimum absolute atomic E-state index is 0.423. The zero-order chi connectivity index (χ0) is 15.9. The Morgan fingerprint density at radius 3 is 2.45 bits per heavy atom. The third kappa shape index (κ3) is 3.77. The van der Waals surface area contributed by atoms with Crippen molar-refractivity contribution in [2.75, 3.05) is 14.2 Å². The highest BCUT2D eigenvalue weighted by Crippen LogP contribution is 2.24. The fourth-order valence-electron chi connectivity index (χ4n) is 2.26. The third-order valence-corrected chi connectivity index (χ3v) is 3.40. The molecule has 1 atom stereocenters. The number of rotatable bonds is 7. The number of hydrogen-bond acceptors (Lipinski definition) is 4. The highest BCUT2D eigenvalue weighted by Gasteiger charge is 2.17. The van der Waals surface area contributed by atoms with Gasteiger partial charge in [0.25, 0.3) is 0 Å². The molecular weight excluding hydrogens is 280 g/mol. The van der Waals surface area contributed by atoms with E-state index in [-0.39, 0.29) is 0 Å². The van der Waals surface area contributed by atoms with Gasteiger partial charge in [0.1, 0.15) is 17.5 Å². The van der Waals surface area contributed by atoms with E-state index in [1.807, 2.05) is 48.5 Å². The van der Waals surface area contributed by atoms with Gasteiger partial charge in [-0.15, -0.1) is 0 Å². The van der Waals surface area contributed by atoms with Crippen molar-refractivity contribution < 1.29 is 14.3 Å². The molecule has 0 aliphatic rings. The number of primary amides is 1. The predicted molar refractivity (Wildman–Crippen MR) is 84.8 cm³/mol. The summed E-state index contributed by atoms with van der Waals surface area (Å²) in [5.74, 6) is 1.03. The van der Waals surface area contributed by atoms with Gasteiger partial charge in [-0.25, -0.2) is 0 Å². The lowest BCUT2D eigenvalue weighted by Crippen LogP contribution is -2.33. The number of nitrogens with two attached hydrogens (primary N) is 1. The van der Waals surface area contributed by atoms with Gasteiger partial charge in [0.2, 0.25) is 5.91 Å². The Hall–Kier alpha value is -2.53. The zero-order valence-corrected chi connectivity index (χ0v) is 12.7. The van der Waals surface area contributed by atoms with Crippen molar-refractivity contribution in [3.8, 4) is 11.5 Å². The molecule has 0 radical (unpaired) electrons. The maximum absolute atomic E-state index is 11.7. The predicted octanol–water partition coefficient (Wildman–Crippen LogP) is 2.02. The number of methoxy groups -OCH3 is 2. The molecule has 2 aromatic carbocycles. The van der Waals surface area contributed by atoms with Gasteiger partial charge >= 0.3 is 0 Å². The normalized spacial score (nSPS) is 11.7. The summed E-state index contributed by atoms with van der Waals surface area (Å²) < 4.78 is 10.5. The molecule has 0 fully saturated rings. The average Bonchev–Trinajstić information content (AvgIpc) is 2.55. The zero-order valence-electron chi connectivity index (χ0n) is 12.7. The minimum Gasteiger partial charge on any atom is -0.497 e. The summed E-state index contributed by atoms with van der Waals surface area (Å²) in [6.45, 7) is 0.433. The van der Waals surface area contributed by atoms with Crippen LogP contribution in [0.15, 0.2) is 48.5 Å². The molecule has 0 spiro atoms. The van der Waals surface area contributed by atoms with E-state index in [1.165, 1.54) is 0 Å². The first-order valence-corrected chi connectivity index (χ1v) is 6.94. The van der Waals surface area contributed by atoms with E-state index in [1.54, 1.807) is 14.2 Å². The molecular formula is C17H20N2O3. The number of benzene rings is 2. The summed E-state index contributed by atoms with van der Waals surface area (Å²) >= 11 is 0. The Kier molecular flexibility index (Phi) is 5.38. The molecule has 3 N–H and O–H groups in total. The Morgan fingerprint density at radius 2 is 1.86 bits per heavy atom. The molecule has 0 saturated carbocycles. The second-order valence-corrected chi connectivity index (χ2v) is 4.80. The molecule has 0 aliphatic heterocycles. The van der Waals surface area contributed by atoms with Crippen LogP contribution < -0.4 is 20.5 Å². The van der Waals surface area contributed by atoms with Crippen molar-refractivity contribution >= 4 is 5.91 Å². The van der Waals surface area contributed by atoms with Gasteiger partial charge in [-0.3, -0.25) is 10.1 Å². The van der Waals surface area contributed by atoms with Gasteiger partial charge in [0.05, 0.1) is 14.2 Å². The SMILES string of the molecule is COc1ccc(OC)c(CN[C@@H](C(N)=O)c2ccccc2)c1. The van der Waals surface area contributed by atoms with Gasteiger partial charge in [-0.1, -0.05) is 30.3 Å². The van der Waals surface area contributed by atoms with E-state index in [0.29, 0.717) is 6.54 Å². The van der Waals surface area contributed by atoms with Gasteiger partial charge in [-0.05, 0) is 23.8 Å². The smallest absolute Gasteiger partial charge is 0.239 e. The first kappa shape index (κ1) is 15.9. The Bertz CT molecular complexity index is 629. The molecule has 0 unspecified atom stereocenters. The minimum atomic E-state index is -0.558. The third-order valence-electron chi connectivity index (χ3n) is 3.40. The molecule has 2 aromatic rings. The molecule has 0 bridgehead atoms. The summed E-state index contributed by atoms with van der Waals surface area (Å²) in [5, 5.41) is 3.17. The van der Waals surface area contributed by atoms with Crippen LogP contribution in [0.3, 0.4) is 0 Å². The summed E-state index contributed by atoms with van der Waals surface area (Å²) in [6, 6.07) is 14.3. The van der Waals surface area contributed by atoms with Gasteiger partial charge in [0.15, 0.2) is 0 Å². The van der Waals surface area contributed by atoms with Crippen LogP contribution in [-0.2, 0) is 11.3 Å². The number of amides is 1. The highest BCUT2D eigenvalue weighted by molar-refractivity contribution is 5.81. The lowest BCUT2D eigenvalue weighted by Gasteiger charge is -2.17. The summed E-state index contributed by atoms with van der Waals surface area (Å²) in [5.41, 5.74) is 7.23. The second kappa shape index (κ2) is 7.47. The highest BCUT2D eigenvalue weighted by atomic mass is 16.5. The number of nitrogens with one attached hydrogen (secondary N) is 1. The first-order valence-electron chi connectivity index (χ1n) is 6.94. The van der Waals surface area contributed by atoms with Crippen molar-refractivity contribution in [3.05, 3.63) is 59.7 Å². The molecule has 0 saturated heterocycles. The van der Waals surface area contributed by atoms with Crippen LogP contribution in [0.25, 0.3) is 0 Å². The molecule has 116 valence electrons. The maximum atomic E-state index is 11.7. The van der Waals surface area contributed by atoms with E-state index in [9.17, 15) is 4.79 Å². The number of ether oxygens (including phenoxy) is 2. The lowest BCUT2D eigenvalue weighted by molar-refractivity contribution is -0.120. The van der Waals surface area contributed by atoms with E-state index in [0.717, 1.165) is 22.6 Å². The van der Waals surface area contributed by atoms with Crippen molar-refractivity contribution in [3.63, 3.8) is 0 Å². The summed E-state index contributed by atoms with van der Waals surface area (Å²) in [7, 11) is 3.21. The summed E-state index contributed by atoms with van der Waals surface area (Å²) in [4.78, 5) is 11.7. The van der Waals surface area contributed by atoms with Crippen LogP contribution in [0.2, 0.25) is 0 Å². The number of carbonyl (C=O) groups is 1. The van der Waals surface area contributed by atoms with Crippen LogP contribution in [0.1, 0.15) is 17.2 Å². The summed E-state index contributed by atoms with van der Waals surface area (Å²) in [6.07, 6.45) is 0. The van der Waals surface area contributed by atoms with Crippen LogP contribution >= 0.6 is 0 Å². The number of hydrogen-bond donors (Lipinski definition) is 2. The van der Waals surface area contributed by atoms with Crippen LogP contribution in [0.5, 0.6) is 11.5 Å². The molecule has 5 nitrogen and oxygen atoms in total. The fourth-order valence-corrected chi connectivity index (χ4v) is 2.26. The van der Waals surface area contributed by atoms with Crippen molar-refractivity contribution in [1.82, 2.24) is 5.32 Å². The Balaban J connectivity index is 2.18. The van der Waals surface area contributed by atoms with Gasteiger partial charge in [0, 0.05) is 12.1 Å². The molecule has 5 heteroatoms. The fraction of sp³-hybridized carbons (Fsp3) is 0.235. The topological polar surface area (TPSA) is 73.6 Å². The molecule has 0 aliphatic carbocycles. The standard InChI is InChI=1S/C17H20N2O3/c1-21-14-8-9-15(22-2)13(10-14)11-19-16(17(18)20)12-6-4-3-5-7-12/h3-10,16,19H,11H2,1-2H3,(H2,18,20)/t16-/m1/s1. The number of carbonyl (C=O) groups excluding carboxylic acids is 1. The van der Waals surface area contributed by atoms with Crippen molar-refractivity contribution in [2.45, 2.75) is 12.6 Å². The molecule has 2 rings (SSSR count). The van der Waals surface area contributed by atoms with Crippen molar-refractivity contribution in [2.24, 2.45) is 5.73 Å². The van der Waals surface area contributed by atoms with Crippen LogP contribution in [0, 0.1) is 0 Å². The monoisotopic (exact) mass is 300 g/mol. The van der Waals surface area contributed by atoms with E-state index < -0.39 is 11.9 Å². The lowest BCUT2D eigenvalue weighted by atomic mass is 10.1.